The zero-order chi connectivity index (χ0) is 18.1. The van der Waals surface area contributed by atoms with Crippen molar-refractivity contribution in [2.24, 2.45) is 11.1 Å². The number of hydrogen-bond donors (Lipinski definition) is 2. The lowest BCUT2D eigenvalue weighted by atomic mass is 9.79. The summed E-state index contributed by atoms with van der Waals surface area (Å²) in [6, 6.07) is 8.87. The number of allylic oxidation sites excluding steroid dienone is 3. The van der Waals surface area contributed by atoms with Crippen LogP contribution in [-0.2, 0) is 4.74 Å². The molecule has 1 heterocycles. The summed E-state index contributed by atoms with van der Waals surface area (Å²) >= 11 is 0. The molecule has 0 bridgehead atoms. The van der Waals surface area contributed by atoms with E-state index in [1.54, 1.807) is 12.1 Å². The third-order valence-corrected chi connectivity index (χ3v) is 3.76. The molecule has 6 nitrogen and oxygen atoms in total. The topological polar surface area (TPSA) is 112 Å². The molecule has 0 spiro atoms. The van der Waals surface area contributed by atoms with Crippen LogP contribution in [0.5, 0.6) is 11.5 Å². The van der Waals surface area contributed by atoms with Gasteiger partial charge in [0.15, 0.2) is 11.5 Å². The molecule has 1 aliphatic heterocycles. The monoisotopic (exact) mass is 325 g/mol. The number of hydrogen-bond acceptors (Lipinski definition) is 6. The van der Waals surface area contributed by atoms with Gasteiger partial charge in [0.25, 0.3) is 0 Å². The van der Waals surface area contributed by atoms with Gasteiger partial charge in [-0.15, -0.1) is 0 Å². The lowest BCUT2D eigenvalue weighted by Crippen LogP contribution is -2.26. The lowest BCUT2D eigenvalue weighted by Gasteiger charge is -2.32. The van der Waals surface area contributed by atoms with Crippen LogP contribution in [0, 0.1) is 28.1 Å². The Morgan fingerprint density at radius 3 is 2.33 bits per heavy atom. The van der Waals surface area contributed by atoms with E-state index in [9.17, 15) is 15.6 Å². The van der Waals surface area contributed by atoms with Gasteiger partial charge in [0.2, 0.25) is 5.88 Å². The van der Waals surface area contributed by atoms with Gasteiger partial charge in [0.1, 0.15) is 17.4 Å². The standard InChI is InChI=1S/C18H19N3O3/c1-18(2,3)16-11(8-19)15(12(9-20)17(21)24-16)10-5-6-13(22)14(7-10)23-4/h5-7,15,22H,21H2,1-4H3. The number of phenols is 1. The Kier molecular flexibility index (Phi) is 4.43. The average molecular weight is 325 g/mol. The molecule has 1 aromatic carbocycles. The molecule has 0 amide bonds. The molecule has 1 aliphatic rings. The summed E-state index contributed by atoms with van der Waals surface area (Å²) in [7, 11) is 1.43. The highest BCUT2D eigenvalue weighted by Crippen LogP contribution is 2.45. The Labute approximate surface area is 141 Å². The van der Waals surface area contributed by atoms with Gasteiger partial charge in [0, 0.05) is 5.41 Å². The molecular formula is C18H19N3O3. The van der Waals surface area contributed by atoms with Crippen LogP contribution in [0.3, 0.4) is 0 Å². The lowest BCUT2D eigenvalue weighted by molar-refractivity contribution is 0.199. The van der Waals surface area contributed by atoms with E-state index in [-0.39, 0.29) is 23.0 Å². The zero-order valence-electron chi connectivity index (χ0n) is 14.0. The van der Waals surface area contributed by atoms with Crippen LogP contribution in [0.25, 0.3) is 0 Å². The second-order valence-electron chi connectivity index (χ2n) is 6.46. The molecule has 0 aliphatic carbocycles. The van der Waals surface area contributed by atoms with E-state index in [0.29, 0.717) is 16.9 Å². The van der Waals surface area contributed by atoms with Crippen LogP contribution in [-0.4, -0.2) is 12.2 Å². The second kappa shape index (κ2) is 6.17. The number of nitriles is 2. The number of aromatic hydroxyl groups is 1. The highest BCUT2D eigenvalue weighted by atomic mass is 16.5. The van der Waals surface area contributed by atoms with Gasteiger partial charge in [-0.2, -0.15) is 10.5 Å². The van der Waals surface area contributed by atoms with E-state index in [0.717, 1.165) is 0 Å². The van der Waals surface area contributed by atoms with Crippen molar-refractivity contribution < 1.29 is 14.6 Å². The quantitative estimate of drug-likeness (QED) is 0.864. The van der Waals surface area contributed by atoms with Crippen molar-refractivity contribution in [1.29, 1.82) is 10.5 Å². The number of nitrogens with two attached hydrogens (primary N) is 1. The van der Waals surface area contributed by atoms with Gasteiger partial charge in [0.05, 0.1) is 24.7 Å². The Balaban J connectivity index is 2.74. The number of phenolic OH excluding ortho intramolecular Hbond substituents is 1. The van der Waals surface area contributed by atoms with Crippen LogP contribution >= 0.6 is 0 Å². The SMILES string of the molecule is COc1cc(C2C(C#N)=C(N)OC(C(C)(C)C)=C2C#N)ccc1O. The maximum atomic E-state index is 9.78. The molecule has 24 heavy (non-hydrogen) atoms. The summed E-state index contributed by atoms with van der Waals surface area (Å²) < 4.78 is 10.7. The summed E-state index contributed by atoms with van der Waals surface area (Å²) in [6.07, 6.45) is 0. The van der Waals surface area contributed by atoms with Gasteiger partial charge in [-0.3, -0.25) is 0 Å². The number of benzene rings is 1. The Morgan fingerprint density at radius 1 is 1.21 bits per heavy atom. The fourth-order valence-corrected chi connectivity index (χ4v) is 2.64. The molecule has 6 heteroatoms. The zero-order valence-corrected chi connectivity index (χ0v) is 14.0. The highest BCUT2D eigenvalue weighted by Gasteiger charge is 2.37. The molecule has 0 radical (unpaired) electrons. The number of ether oxygens (including phenoxy) is 2. The minimum atomic E-state index is -0.669. The summed E-state index contributed by atoms with van der Waals surface area (Å²) in [6.45, 7) is 5.70. The van der Waals surface area contributed by atoms with Crippen LogP contribution in [0.2, 0.25) is 0 Å². The van der Waals surface area contributed by atoms with E-state index in [1.807, 2.05) is 26.8 Å². The minimum absolute atomic E-state index is 0.0153. The predicted molar refractivity (Wildman–Crippen MR) is 87.4 cm³/mol. The second-order valence-corrected chi connectivity index (χ2v) is 6.46. The summed E-state index contributed by atoms with van der Waals surface area (Å²) in [5.41, 5.74) is 6.57. The number of rotatable bonds is 2. The van der Waals surface area contributed by atoms with Gasteiger partial charge in [-0.1, -0.05) is 26.8 Å². The van der Waals surface area contributed by atoms with Crippen molar-refractivity contribution in [2.75, 3.05) is 7.11 Å². The van der Waals surface area contributed by atoms with Crippen molar-refractivity contribution in [2.45, 2.75) is 26.7 Å². The summed E-state index contributed by atoms with van der Waals surface area (Å²) in [5, 5.41) is 29.0. The molecule has 0 aromatic heterocycles. The van der Waals surface area contributed by atoms with E-state index in [1.165, 1.54) is 13.2 Å². The first-order valence-electron chi connectivity index (χ1n) is 7.33. The maximum absolute atomic E-state index is 9.78. The molecule has 1 unspecified atom stereocenters. The molecule has 0 saturated heterocycles. The average Bonchev–Trinajstić information content (AvgIpc) is 2.53. The Morgan fingerprint density at radius 2 is 1.83 bits per heavy atom. The van der Waals surface area contributed by atoms with Crippen LogP contribution in [0.1, 0.15) is 32.3 Å². The molecule has 1 aromatic rings. The van der Waals surface area contributed by atoms with Crippen molar-refractivity contribution >= 4 is 0 Å². The van der Waals surface area contributed by atoms with Crippen molar-refractivity contribution in [1.82, 2.24) is 0 Å². The predicted octanol–water partition coefficient (Wildman–Crippen LogP) is 3.03. The van der Waals surface area contributed by atoms with Crippen LogP contribution in [0.15, 0.2) is 41.0 Å². The minimum Gasteiger partial charge on any atom is -0.504 e. The summed E-state index contributed by atoms with van der Waals surface area (Å²) in [5.74, 6) is -0.0266. The largest absolute Gasteiger partial charge is 0.504 e. The molecule has 3 N–H and O–H groups in total. The number of nitrogens with zero attached hydrogens (tertiary/aromatic N) is 2. The van der Waals surface area contributed by atoms with Gasteiger partial charge >= 0.3 is 0 Å². The van der Waals surface area contributed by atoms with Gasteiger partial charge < -0.3 is 20.3 Å². The third kappa shape index (κ3) is 2.87. The fraction of sp³-hybridized carbons (Fsp3) is 0.333. The van der Waals surface area contributed by atoms with Crippen molar-refractivity contribution in [3.8, 4) is 23.6 Å². The first-order chi connectivity index (χ1) is 11.2. The summed E-state index contributed by atoms with van der Waals surface area (Å²) in [4.78, 5) is 0. The smallest absolute Gasteiger partial charge is 0.205 e. The maximum Gasteiger partial charge on any atom is 0.205 e. The molecule has 2 rings (SSSR count). The number of methoxy groups -OCH3 is 1. The van der Waals surface area contributed by atoms with Gasteiger partial charge in [-0.25, -0.2) is 0 Å². The molecule has 1 atom stereocenters. The first kappa shape index (κ1) is 17.2. The molecule has 124 valence electrons. The fourth-order valence-electron chi connectivity index (χ4n) is 2.64. The Hall–Kier alpha value is -3.12. The molecular weight excluding hydrogens is 306 g/mol. The molecule has 0 saturated carbocycles. The van der Waals surface area contributed by atoms with E-state index >= 15 is 0 Å². The van der Waals surface area contributed by atoms with E-state index < -0.39 is 11.3 Å². The van der Waals surface area contributed by atoms with E-state index in [4.69, 9.17) is 15.2 Å². The first-order valence-corrected chi connectivity index (χ1v) is 7.33. The van der Waals surface area contributed by atoms with Gasteiger partial charge in [-0.05, 0) is 17.7 Å². The van der Waals surface area contributed by atoms with Crippen molar-refractivity contribution in [3.63, 3.8) is 0 Å². The third-order valence-electron chi connectivity index (χ3n) is 3.76. The normalized spacial score (nSPS) is 17.8. The van der Waals surface area contributed by atoms with Crippen molar-refractivity contribution in [3.05, 3.63) is 46.6 Å². The van der Waals surface area contributed by atoms with Crippen LogP contribution < -0.4 is 10.5 Å². The van der Waals surface area contributed by atoms with Crippen LogP contribution in [0.4, 0.5) is 0 Å². The Bertz CT molecular complexity index is 817. The highest BCUT2D eigenvalue weighted by molar-refractivity contribution is 5.56. The molecule has 0 fully saturated rings. The van der Waals surface area contributed by atoms with E-state index in [2.05, 4.69) is 6.07 Å².